The first-order valence-corrected chi connectivity index (χ1v) is 8.69. The standard InChI is InChI=1S/C20H28N2O4/c1-20(2,3)26-19(24)22-11-9-14(10-12-22)16-8-7-15(13-17(16)25-6)18(23)21(4)5/h7-9,13H,10-12H2,1-6H3. The molecule has 0 radical (unpaired) electrons. The number of hydrogen-bond donors (Lipinski definition) is 0. The topological polar surface area (TPSA) is 59.1 Å². The molecule has 0 spiro atoms. The van der Waals surface area contributed by atoms with E-state index in [2.05, 4.69) is 0 Å². The molecule has 2 amide bonds. The molecule has 0 bridgehead atoms. The quantitative estimate of drug-likeness (QED) is 0.829. The molecule has 6 nitrogen and oxygen atoms in total. The van der Waals surface area contributed by atoms with Gasteiger partial charge in [0.15, 0.2) is 0 Å². The van der Waals surface area contributed by atoms with E-state index in [4.69, 9.17) is 9.47 Å². The SMILES string of the molecule is COc1cc(C(=O)N(C)C)ccc1C1=CCN(C(=O)OC(C)(C)C)CC1. The highest BCUT2D eigenvalue weighted by Crippen LogP contribution is 2.31. The van der Waals surface area contributed by atoms with Crippen LogP contribution in [0.2, 0.25) is 0 Å². The number of benzene rings is 1. The third kappa shape index (κ3) is 4.77. The molecular formula is C20H28N2O4. The van der Waals surface area contributed by atoms with Crippen molar-refractivity contribution in [2.45, 2.75) is 32.8 Å². The maximum atomic E-state index is 12.2. The lowest BCUT2D eigenvalue weighted by Gasteiger charge is -2.30. The van der Waals surface area contributed by atoms with Crippen LogP contribution >= 0.6 is 0 Å². The number of nitrogens with zero attached hydrogens (tertiary/aromatic N) is 2. The van der Waals surface area contributed by atoms with Gasteiger partial charge in [0.25, 0.3) is 5.91 Å². The van der Waals surface area contributed by atoms with Gasteiger partial charge in [0.05, 0.1) is 7.11 Å². The van der Waals surface area contributed by atoms with Crippen LogP contribution < -0.4 is 4.74 Å². The minimum atomic E-state index is -0.501. The van der Waals surface area contributed by atoms with Gasteiger partial charge in [-0.3, -0.25) is 4.79 Å². The number of rotatable bonds is 3. The summed E-state index contributed by atoms with van der Waals surface area (Å²) in [5.41, 5.74) is 2.14. The van der Waals surface area contributed by atoms with Crippen LogP contribution in [0.15, 0.2) is 24.3 Å². The fourth-order valence-corrected chi connectivity index (χ4v) is 2.75. The summed E-state index contributed by atoms with van der Waals surface area (Å²) in [6.07, 6.45) is 2.42. The average molecular weight is 360 g/mol. The van der Waals surface area contributed by atoms with E-state index >= 15 is 0 Å². The molecule has 26 heavy (non-hydrogen) atoms. The summed E-state index contributed by atoms with van der Waals surface area (Å²) in [5, 5.41) is 0. The Bertz CT molecular complexity index is 717. The van der Waals surface area contributed by atoms with Gasteiger partial charge in [0, 0.05) is 38.3 Å². The average Bonchev–Trinajstić information content (AvgIpc) is 2.59. The van der Waals surface area contributed by atoms with Crippen molar-refractivity contribution < 1.29 is 19.1 Å². The number of carbonyl (C=O) groups is 2. The largest absolute Gasteiger partial charge is 0.496 e. The summed E-state index contributed by atoms with van der Waals surface area (Å²) >= 11 is 0. The van der Waals surface area contributed by atoms with Gasteiger partial charge in [0.1, 0.15) is 11.4 Å². The third-order valence-corrected chi connectivity index (χ3v) is 4.06. The molecule has 0 unspecified atom stereocenters. The van der Waals surface area contributed by atoms with Crippen LogP contribution in [0.25, 0.3) is 5.57 Å². The minimum absolute atomic E-state index is 0.0661. The number of carbonyl (C=O) groups excluding carboxylic acids is 2. The van der Waals surface area contributed by atoms with Crippen LogP contribution in [-0.4, -0.2) is 61.7 Å². The lowest BCUT2D eigenvalue weighted by Crippen LogP contribution is -2.39. The zero-order valence-electron chi connectivity index (χ0n) is 16.5. The Labute approximate surface area is 155 Å². The molecule has 0 aromatic heterocycles. The van der Waals surface area contributed by atoms with Crippen LogP contribution in [0.3, 0.4) is 0 Å². The number of hydrogen-bond acceptors (Lipinski definition) is 4. The predicted octanol–water partition coefficient (Wildman–Crippen LogP) is 3.42. The molecule has 0 N–H and O–H groups in total. The van der Waals surface area contributed by atoms with Crippen molar-refractivity contribution in [2.75, 3.05) is 34.3 Å². The normalized spacial score (nSPS) is 14.5. The first kappa shape index (κ1) is 19.8. The van der Waals surface area contributed by atoms with Gasteiger partial charge in [0.2, 0.25) is 0 Å². The molecule has 1 aromatic rings. The monoisotopic (exact) mass is 360 g/mol. The van der Waals surface area contributed by atoms with Crippen molar-refractivity contribution >= 4 is 17.6 Å². The molecule has 0 saturated carbocycles. The second-order valence-corrected chi connectivity index (χ2v) is 7.52. The summed E-state index contributed by atoms with van der Waals surface area (Å²) in [6, 6.07) is 5.48. The highest BCUT2D eigenvalue weighted by Gasteiger charge is 2.24. The summed E-state index contributed by atoms with van der Waals surface area (Å²) in [4.78, 5) is 27.5. The van der Waals surface area contributed by atoms with Crippen LogP contribution in [-0.2, 0) is 4.74 Å². The summed E-state index contributed by atoms with van der Waals surface area (Å²) in [5.74, 6) is 0.596. The van der Waals surface area contributed by atoms with E-state index in [1.165, 1.54) is 4.90 Å². The fourth-order valence-electron chi connectivity index (χ4n) is 2.75. The first-order valence-electron chi connectivity index (χ1n) is 8.69. The highest BCUT2D eigenvalue weighted by molar-refractivity contribution is 5.95. The number of methoxy groups -OCH3 is 1. The van der Waals surface area contributed by atoms with Gasteiger partial charge >= 0.3 is 6.09 Å². The highest BCUT2D eigenvalue weighted by atomic mass is 16.6. The van der Waals surface area contributed by atoms with Crippen molar-refractivity contribution in [1.29, 1.82) is 0 Å². The Morgan fingerprint density at radius 2 is 1.88 bits per heavy atom. The van der Waals surface area contributed by atoms with Gasteiger partial charge in [-0.2, -0.15) is 0 Å². The van der Waals surface area contributed by atoms with Crippen molar-refractivity contribution in [3.63, 3.8) is 0 Å². The summed E-state index contributed by atoms with van der Waals surface area (Å²) < 4.78 is 10.9. The summed E-state index contributed by atoms with van der Waals surface area (Å²) in [6.45, 7) is 6.65. The van der Waals surface area contributed by atoms with Gasteiger partial charge in [-0.15, -0.1) is 0 Å². The van der Waals surface area contributed by atoms with Gasteiger partial charge < -0.3 is 19.3 Å². The molecule has 6 heteroatoms. The molecule has 1 aliphatic heterocycles. The Morgan fingerprint density at radius 3 is 2.38 bits per heavy atom. The van der Waals surface area contributed by atoms with Gasteiger partial charge in [-0.25, -0.2) is 4.79 Å². The molecular weight excluding hydrogens is 332 g/mol. The van der Waals surface area contributed by atoms with Crippen molar-refractivity contribution in [1.82, 2.24) is 9.80 Å². The Balaban J connectivity index is 2.17. The molecule has 0 fully saturated rings. The molecule has 142 valence electrons. The zero-order valence-corrected chi connectivity index (χ0v) is 16.5. The number of amides is 2. The maximum absolute atomic E-state index is 12.2. The lowest BCUT2D eigenvalue weighted by atomic mass is 9.97. The van der Waals surface area contributed by atoms with Crippen LogP contribution in [0.1, 0.15) is 43.1 Å². The van der Waals surface area contributed by atoms with E-state index in [1.54, 1.807) is 38.2 Å². The maximum Gasteiger partial charge on any atom is 0.410 e. The lowest BCUT2D eigenvalue weighted by molar-refractivity contribution is 0.0270. The van der Waals surface area contributed by atoms with E-state index in [9.17, 15) is 9.59 Å². The number of ether oxygens (including phenoxy) is 2. The minimum Gasteiger partial charge on any atom is -0.496 e. The smallest absolute Gasteiger partial charge is 0.410 e. The predicted molar refractivity (Wildman–Crippen MR) is 101 cm³/mol. The van der Waals surface area contributed by atoms with Crippen molar-refractivity contribution in [3.05, 3.63) is 35.4 Å². The molecule has 1 heterocycles. The third-order valence-electron chi connectivity index (χ3n) is 4.06. The molecule has 0 atom stereocenters. The van der Waals surface area contributed by atoms with Crippen molar-refractivity contribution in [2.24, 2.45) is 0 Å². The molecule has 1 aliphatic rings. The van der Waals surface area contributed by atoms with Gasteiger partial charge in [-0.05, 0) is 44.9 Å². The Hall–Kier alpha value is -2.50. The van der Waals surface area contributed by atoms with Crippen LogP contribution in [0, 0.1) is 0 Å². The second-order valence-electron chi connectivity index (χ2n) is 7.52. The van der Waals surface area contributed by atoms with E-state index in [1.807, 2.05) is 32.9 Å². The fraction of sp³-hybridized carbons (Fsp3) is 0.500. The summed E-state index contributed by atoms with van der Waals surface area (Å²) in [7, 11) is 5.04. The van der Waals surface area contributed by atoms with E-state index in [0.717, 1.165) is 11.1 Å². The molecule has 2 rings (SSSR count). The van der Waals surface area contributed by atoms with Crippen molar-refractivity contribution in [3.8, 4) is 5.75 Å². The first-order chi connectivity index (χ1) is 12.1. The molecule has 1 aromatic carbocycles. The second kappa shape index (κ2) is 7.81. The Kier molecular flexibility index (Phi) is 5.95. The Morgan fingerprint density at radius 1 is 1.19 bits per heavy atom. The van der Waals surface area contributed by atoms with Crippen LogP contribution in [0.5, 0.6) is 5.75 Å². The zero-order chi connectivity index (χ0) is 19.5. The van der Waals surface area contributed by atoms with Gasteiger partial charge in [-0.1, -0.05) is 12.1 Å². The molecule has 0 aliphatic carbocycles. The van der Waals surface area contributed by atoms with E-state index in [0.29, 0.717) is 30.8 Å². The van der Waals surface area contributed by atoms with E-state index < -0.39 is 5.60 Å². The van der Waals surface area contributed by atoms with Crippen LogP contribution in [0.4, 0.5) is 4.79 Å². The molecule has 0 saturated heterocycles. The van der Waals surface area contributed by atoms with E-state index in [-0.39, 0.29) is 12.0 Å².